The molecular weight excluding hydrogens is 306 g/mol. The van der Waals surface area contributed by atoms with Crippen LogP contribution in [0.3, 0.4) is 0 Å². The molecule has 0 aliphatic heterocycles. The van der Waals surface area contributed by atoms with Crippen LogP contribution in [0.1, 0.15) is 76.4 Å². The molecular formula is C19H31NO4. The number of carbonyl (C=O) groups excluding carboxylic acids is 1. The molecule has 0 fully saturated rings. The smallest absolute Gasteiger partial charge is 0.305 e. The lowest BCUT2D eigenvalue weighted by atomic mass is 10.0. The van der Waals surface area contributed by atoms with Crippen molar-refractivity contribution in [1.82, 2.24) is 4.98 Å². The summed E-state index contributed by atoms with van der Waals surface area (Å²) in [5.74, 6) is 0.391. The molecule has 1 aromatic rings. The molecule has 0 aliphatic carbocycles. The zero-order valence-electron chi connectivity index (χ0n) is 15.0. The Bertz CT molecular complexity index is 464. The highest BCUT2D eigenvalue weighted by molar-refractivity contribution is 5.68. The van der Waals surface area contributed by atoms with Crippen molar-refractivity contribution in [2.45, 2.75) is 70.8 Å². The van der Waals surface area contributed by atoms with Gasteiger partial charge in [0, 0.05) is 18.2 Å². The van der Waals surface area contributed by atoms with E-state index >= 15 is 0 Å². The van der Waals surface area contributed by atoms with Crippen LogP contribution in [0.2, 0.25) is 0 Å². The molecule has 1 atom stereocenters. The fraction of sp³-hybridized carbons (Fsp3) is 0.684. The third-order valence-corrected chi connectivity index (χ3v) is 3.98. The Labute approximate surface area is 145 Å². The molecule has 0 bridgehead atoms. The summed E-state index contributed by atoms with van der Waals surface area (Å²) in [6, 6.07) is 3.71. The first-order valence-corrected chi connectivity index (χ1v) is 9.01. The number of esters is 1. The van der Waals surface area contributed by atoms with Crippen molar-refractivity contribution in [3.63, 3.8) is 0 Å². The maximum Gasteiger partial charge on any atom is 0.305 e. The minimum atomic E-state index is -0.555. The molecule has 0 spiro atoms. The van der Waals surface area contributed by atoms with Gasteiger partial charge >= 0.3 is 5.97 Å². The van der Waals surface area contributed by atoms with Gasteiger partial charge in [-0.25, -0.2) is 4.98 Å². The fourth-order valence-electron chi connectivity index (χ4n) is 2.52. The maximum atomic E-state index is 11.0. The van der Waals surface area contributed by atoms with E-state index in [9.17, 15) is 9.90 Å². The van der Waals surface area contributed by atoms with Crippen LogP contribution in [0, 0.1) is 0 Å². The van der Waals surface area contributed by atoms with Crippen molar-refractivity contribution in [2.75, 3.05) is 13.7 Å². The van der Waals surface area contributed by atoms with Crippen molar-refractivity contribution in [3.8, 4) is 5.88 Å². The molecule has 1 unspecified atom stereocenters. The summed E-state index contributed by atoms with van der Waals surface area (Å²) in [5.41, 5.74) is 0.767. The number of ether oxygens (including phenoxy) is 2. The molecule has 0 radical (unpaired) electrons. The normalized spacial score (nSPS) is 12.0. The van der Waals surface area contributed by atoms with Crippen molar-refractivity contribution < 1.29 is 19.4 Å². The molecule has 0 saturated carbocycles. The molecule has 0 aliphatic rings. The maximum absolute atomic E-state index is 11.0. The average Bonchev–Trinajstić information content (AvgIpc) is 2.61. The van der Waals surface area contributed by atoms with Crippen LogP contribution < -0.4 is 4.74 Å². The van der Waals surface area contributed by atoms with Gasteiger partial charge in [-0.3, -0.25) is 4.79 Å². The van der Waals surface area contributed by atoms with Gasteiger partial charge in [0.25, 0.3) is 0 Å². The Kier molecular flexibility index (Phi) is 10.9. The molecule has 1 rings (SSSR count). The topological polar surface area (TPSA) is 68.7 Å². The highest BCUT2D eigenvalue weighted by Gasteiger charge is 2.14. The van der Waals surface area contributed by atoms with Crippen LogP contribution in [-0.2, 0) is 9.53 Å². The largest absolute Gasteiger partial charge is 0.477 e. The van der Waals surface area contributed by atoms with Crippen molar-refractivity contribution in [3.05, 3.63) is 23.9 Å². The summed E-state index contributed by atoms with van der Waals surface area (Å²) < 4.78 is 10.3. The van der Waals surface area contributed by atoms with Crippen LogP contribution >= 0.6 is 0 Å². The van der Waals surface area contributed by atoms with E-state index in [4.69, 9.17) is 4.74 Å². The number of hydrogen-bond acceptors (Lipinski definition) is 5. The number of aliphatic hydroxyl groups is 1. The summed E-state index contributed by atoms with van der Waals surface area (Å²) in [7, 11) is 1.41. The predicted octanol–water partition coefficient (Wildman–Crippen LogP) is 4.20. The number of aliphatic hydroxyl groups excluding tert-OH is 1. The first-order chi connectivity index (χ1) is 11.7. The molecule has 1 aromatic heterocycles. The molecule has 1 heterocycles. The number of rotatable bonds is 13. The summed E-state index contributed by atoms with van der Waals surface area (Å²) >= 11 is 0. The summed E-state index contributed by atoms with van der Waals surface area (Å²) in [6.45, 7) is 2.79. The van der Waals surface area contributed by atoms with E-state index in [1.807, 2.05) is 12.1 Å². The van der Waals surface area contributed by atoms with Crippen LogP contribution in [-0.4, -0.2) is 29.8 Å². The van der Waals surface area contributed by atoms with Gasteiger partial charge in [0.2, 0.25) is 5.88 Å². The highest BCUT2D eigenvalue weighted by atomic mass is 16.5. The second-order valence-corrected chi connectivity index (χ2v) is 6.00. The van der Waals surface area contributed by atoms with Crippen LogP contribution in [0.15, 0.2) is 18.3 Å². The van der Waals surface area contributed by atoms with Gasteiger partial charge in [-0.2, -0.15) is 0 Å². The summed E-state index contributed by atoms with van der Waals surface area (Å²) in [6.07, 6.45) is 9.27. The van der Waals surface area contributed by atoms with E-state index in [0.29, 0.717) is 25.3 Å². The van der Waals surface area contributed by atoms with Gasteiger partial charge in [0.1, 0.15) is 0 Å². The summed E-state index contributed by atoms with van der Waals surface area (Å²) in [5, 5.41) is 10.4. The lowest BCUT2D eigenvalue weighted by molar-refractivity contribution is -0.140. The van der Waals surface area contributed by atoms with Gasteiger partial charge in [0.15, 0.2) is 0 Å². The van der Waals surface area contributed by atoms with Gasteiger partial charge in [0.05, 0.1) is 19.8 Å². The van der Waals surface area contributed by atoms with Crippen molar-refractivity contribution >= 4 is 5.97 Å². The number of hydrogen-bond donors (Lipinski definition) is 1. The molecule has 1 N–H and O–H groups in total. The van der Waals surface area contributed by atoms with E-state index in [-0.39, 0.29) is 5.97 Å². The van der Waals surface area contributed by atoms with Gasteiger partial charge < -0.3 is 14.6 Å². The second kappa shape index (κ2) is 12.8. The van der Waals surface area contributed by atoms with E-state index < -0.39 is 6.10 Å². The lowest BCUT2D eigenvalue weighted by Crippen LogP contribution is -2.06. The number of methoxy groups -OCH3 is 1. The van der Waals surface area contributed by atoms with E-state index in [1.54, 1.807) is 6.20 Å². The third kappa shape index (κ3) is 8.29. The minimum Gasteiger partial charge on any atom is -0.477 e. The summed E-state index contributed by atoms with van der Waals surface area (Å²) in [4.78, 5) is 15.3. The van der Waals surface area contributed by atoms with Crippen LogP contribution in [0.5, 0.6) is 5.88 Å². The standard InChI is InChI=1S/C19H31NO4/c1-3-4-9-15-24-19-16(11-10-14-20-19)17(21)12-7-5-6-8-13-18(22)23-2/h10-11,14,17,21H,3-9,12-13,15H2,1-2H3. The van der Waals surface area contributed by atoms with Crippen LogP contribution in [0.25, 0.3) is 0 Å². The second-order valence-electron chi connectivity index (χ2n) is 6.00. The Morgan fingerprint density at radius 2 is 2.00 bits per heavy atom. The number of pyridine rings is 1. The third-order valence-electron chi connectivity index (χ3n) is 3.98. The quantitative estimate of drug-likeness (QED) is 0.431. The van der Waals surface area contributed by atoms with Gasteiger partial charge in [-0.1, -0.05) is 39.0 Å². The molecule has 5 nitrogen and oxygen atoms in total. The van der Waals surface area contributed by atoms with Gasteiger partial charge in [-0.05, 0) is 31.4 Å². The first kappa shape index (κ1) is 20.4. The van der Waals surface area contributed by atoms with Crippen LogP contribution in [0.4, 0.5) is 0 Å². The number of carbonyl (C=O) groups is 1. The molecule has 0 saturated heterocycles. The SMILES string of the molecule is CCCCCOc1ncccc1C(O)CCCCCCC(=O)OC. The first-order valence-electron chi connectivity index (χ1n) is 9.01. The van der Waals surface area contributed by atoms with Crippen molar-refractivity contribution in [1.29, 1.82) is 0 Å². The van der Waals surface area contributed by atoms with Crippen molar-refractivity contribution in [2.24, 2.45) is 0 Å². The molecule has 0 aromatic carbocycles. The zero-order valence-corrected chi connectivity index (χ0v) is 15.0. The Morgan fingerprint density at radius 1 is 1.21 bits per heavy atom. The number of unbranched alkanes of at least 4 members (excludes halogenated alkanes) is 5. The van der Waals surface area contributed by atoms with E-state index in [1.165, 1.54) is 7.11 Å². The number of aromatic nitrogens is 1. The van der Waals surface area contributed by atoms with E-state index in [0.717, 1.165) is 50.5 Å². The Balaban J connectivity index is 2.31. The monoisotopic (exact) mass is 337 g/mol. The molecule has 24 heavy (non-hydrogen) atoms. The molecule has 5 heteroatoms. The Morgan fingerprint density at radius 3 is 2.75 bits per heavy atom. The average molecular weight is 337 g/mol. The van der Waals surface area contributed by atoms with E-state index in [2.05, 4.69) is 16.6 Å². The van der Waals surface area contributed by atoms with Gasteiger partial charge in [-0.15, -0.1) is 0 Å². The minimum absolute atomic E-state index is 0.157. The fourth-order valence-corrected chi connectivity index (χ4v) is 2.52. The number of nitrogens with zero attached hydrogens (tertiary/aromatic N) is 1. The molecule has 136 valence electrons. The predicted molar refractivity (Wildman–Crippen MR) is 93.9 cm³/mol. The molecule has 0 amide bonds. The zero-order chi connectivity index (χ0) is 17.6. The highest BCUT2D eigenvalue weighted by Crippen LogP contribution is 2.27. The lowest BCUT2D eigenvalue weighted by Gasteiger charge is -2.15. The Hall–Kier alpha value is -1.62.